The van der Waals surface area contributed by atoms with E-state index < -0.39 is 35.4 Å². The number of hydrogen-bond donors (Lipinski definition) is 2. The number of aliphatic carboxylic acids is 1. The van der Waals surface area contributed by atoms with Crippen molar-refractivity contribution in [2.24, 2.45) is 5.41 Å². The Kier molecular flexibility index (Phi) is 4.20. The molecule has 0 fully saturated rings. The van der Waals surface area contributed by atoms with Crippen molar-refractivity contribution in [1.29, 1.82) is 0 Å². The molecule has 100 valence electrons. The van der Waals surface area contributed by atoms with Crippen molar-refractivity contribution >= 4 is 11.9 Å². The van der Waals surface area contributed by atoms with Crippen LogP contribution in [-0.2, 0) is 9.59 Å². The Morgan fingerprint density at radius 2 is 1.53 bits per heavy atom. The number of halogens is 3. The highest BCUT2D eigenvalue weighted by Gasteiger charge is 2.45. The second kappa shape index (κ2) is 4.54. The highest BCUT2D eigenvalue weighted by Crippen LogP contribution is 2.31. The second-order valence-electron chi connectivity index (χ2n) is 4.90. The van der Waals surface area contributed by atoms with Crippen molar-refractivity contribution < 1.29 is 27.9 Å². The lowest BCUT2D eigenvalue weighted by atomic mass is 9.74. The van der Waals surface area contributed by atoms with Gasteiger partial charge < -0.3 is 10.4 Å². The molecule has 0 saturated carbocycles. The van der Waals surface area contributed by atoms with Crippen LogP contribution in [0.25, 0.3) is 0 Å². The lowest BCUT2D eigenvalue weighted by Gasteiger charge is -2.38. The monoisotopic (exact) mass is 255 g/mol. The van der Waals surface area contributed by atoms with Crippen molar-refractivity contribution in [3.8, 4) is 0 Å². The fraction of sp³-hybridized carbons (Fsp3) is 0.800. The molecule has 0 aromatic carbocycles. The molecular formula is C10H16F3NO3. The molecule has 0 unspecified atom stereocenters. The van der Waals surface area contributed by atoms with Gasteiger partial charge in [-0.25, -0.2) is 0 Å². The maximum absolute atomic E-state index is 12.0. The summed E-state index contributed by atoms with van der Waals surface area (Å²) in [6.07, 6.45) is -6.22. The fourth-order valence-electron chi connectivity index (χ4n) is 0.998. The minimum Gasteiger partial charge on any atom is -0.481 e. The molecule has 7 heteroatoms. The van der Waals surface area contributed by atoms with Crippen LogP contribution in [0.5, 0.6) is 0 Å². The van der Waals surface area contributed by atoms with Crippen LogP contribution >= 0.6 is 0 Å². The SMILES string of the molecule is CC(C)(NC(=O)CC(F)(F)F)C(C)(C)C(=O)O. The molecule has 0 spiro atoms. The van der Waals surface area contributed by atoms with Crippen LogP contribution in [0.3, 0.4) is 0 Å². The first-order valence-corrected chi connectivity index (χ1v) is 4.91. The van der Waals surface area contributed by atoms with E-state index >= 15 is 0 Å². The van der Waals surface area contributed by atoms with Crippen LogP contribution < -0.4 is 5.32 Å². The third-order valence-corrected chi connectivity index (χ3v) is 2.91. The lowest BCUT2D eigenvalue weighted by Crippen LogP contribution is -2.57. The van der Waals surface area contributed by atoms with E-state index in [0.29, 0.717) is 0 Å². The number of hydrogen-bond acceptors (Lipinski definition) is 2. The molecule has 1 amide bonds. The fourth-order valence-corrected chi connectivity index (χ4v) is 0.998. The van der Waals surface area contributed by atoms with Gasteiger partial charge in [0.15, 0.2) is 0 Å². The minimum absolute atomic E-state index is 1.20. The first-order valence-electron chi connectivity index (χ1n) is 4.91. The van der Waals surface area contributed by atoms with E-state index in [1.165, 1.54) is 27.7 Å². The number of carboxylic acids is 1. The summed E-state index contributed by atoms with van der Waals surface area (Å²) in [5.41, 5.74) is -2.67. The van der Waals surface area contributed by atoms with Crippen molar-refractivity contribution in [3.63, 3.8) is 0 Å². The van der Waals surface area contributed by atoms with Crippen molar-refractivity contribution in [3.05, 3.63) is 0 Å². The number of rotatable bonds is 4. The summed E-state index contributed by atoms with van der Waals surface area (Å²) in [5, 5.41) is 11.0. The van der Waals surface area contributed by atoms with Gasteiger partial charge in [-0.3, -0.25) is 9.59 Å². The molecular weight excluding hydrogens is 239 g/mol. The van der Waals surface area contributed by atoms with Gasteiger partial charge >= 0.3 is 12.1 Å². The molecule has 0 aliphatic carbocycles. The van der Waals surface area contributed by atoms with Gasteiger partial charge in [0.05, 0.1) is 5.41 Å². The summed E-state index contributed by atoms with van der Waals surface area (Å²) >= 11 is 0. The van der Waals surface area contributed by atoms with Gasteiger partial charge in [0.2, 0.25) is 5.91 Å². The summed E-state index contributed by atoms with van der Waals surface area (Å²) in [6, 6.07) is 0. The summed E-state index contributed by atoms with van der Waals surface area (Å²) in [4.78, 5) is 22.1. The zero-order valence-corrected chi connectivity index (χ0v) is 10.1. The van der Waals surface area contributed by atoms with Crippen LogP contribution in [0, 0.1) is 5.41 Å². The standard InChI is InChI=1S/C10H16F3NO3/c1-8(2,7(16)17)9(3,4)14-6(15)5-10(11,12)13/h5H2,1-4H3,(H,14,15)(H,16,17). The van der Waals surface area contributed by atoms with Crippen LogP contribution in [0.4, 0.5) is 13.2 Å². The lowest BCUT2D eigenvalue weighted by molar-refractivity contribution is -0.158. The molecule has 0 aromatic rings. The van der Waals surface area contributed by atoms with E-state index in [9.17, 15) is 22.8 Å². The Morgan fingerprint density at radius 1 is 1.12 bits per heavy atom. The number of carboxylic acid groups (broad SMARTS) is 1. The summed E-state index contributed by atoms with van der Waals surface area (Å²) < 4.78 is 35.9. The zero-order valence-electron chi connectivity index (χ0n) is 10.1. The smallest absolute Gasteiger partial charge is 0.397 e. The topological polar surface area (TPSA) is 66.4 Å². The zero-order chi connectivity index (χ0) is 14.1. The molecule has 0 bridgehead atoms. The third kappa shape index (κ3) is 4.24. The van der Waals surface area contributed by atoms with Crippen LogP contribution in [-0.4, -0.2) is 28.7 Å². The Hall–Kier alpha value is -1.27. The van der Waals surface area contributed by atoms with Gasteiger partial charge in [0, 0.05) is 5.54 Å². The van der Waals surface area contributed by atoms with E-state index in [1.807, 2.05) is 0 Å². The molecule has 0 saturated heterocycles. The summed E-state index contributed by atoms with van der Waals surface area (Å²) in [6.45, 7) is 5.41. The van der Waals surface area contributed by atoms with Gasteiger partial charge in [0.25, 0.3) is 0 Å². The minimum atomic E-state index is -4.60. The maximum Gasteiger partial charge on any atom is 0.397 e. The molecule has 0 rings (SSSR count). The van der Waals surface area contributed by atoms with Gasteiger partial charge in [-0.1, -0.05) is 0 Å². The average Bonchev–Trinajstić information content (AvgIpc) is 1.97. The van der Waals surface area contributed by atoms with Crippen molar-refractivity contribution in [2.45, 2.75) is 45.8 Å². The predicted octanol–water partition coefficient (Wildman–Crippen LogP) is 1.94. The van der Waals surface area contributed by atoms with Gasteiger partial charge in [-0.05, 0) is 27.7 Å². The average molecular weight is 255 g/mol. The number of carbonyl (C=O) groups is 2. The molecule has 2 N–H and O–H groups in total. The van der Waals surface area contributed by atoms with E-state index in [4.69, 9.17) is 5.11 Å². The van der Waals surface area contributed by atoms with E-state index in [1.54, 1.807) is 0 Å². The highest BCUT2D eigenvalue weighted by molar-refractivity contribution is 5.80. The Bertz CT molecular complexity index is 321. The first kappa shape index (κ1) is 15.7. The Labute approximate surface area is 97.2 Å². The summed E-state index contributed by atoms with van der Waals surface area (Å²) in [5.74, 6) is -2.44. The predicted molar refractivity (Wildman–Crippen MR) is 54.3 cm³/mol. The van der Waals surface area contributed by atoms with Crippen LogP contribution in [0.15, 0.2) is 0 Å². The van der Waals surface area contributed by atoms with E-state index in [-0.39, 0.29) is 0 Å². The van der Waals surface area contributed by atoms with Crippen LogP contribution in [0.1, 0.15) is 34.1 Å². The molecule has 0 atom stereocenters. The quantitative estimate of drug-likeness (QED) is 0.806. The largest absolute Gasteiger partial charge is 0.481 e. The summed E-state index contributed by atoms with van der Waals surface area (Å²) in [7, 11) is 0. The van der Waals surface area contributed by atoms with Gasteiger partial charge in [0.1, 0.15) is 6.42 Å². The molecule has 0 heterocycles. The van der Waals surface area contributed by atoms with Crippen molar-refractivity contribution in [2.75, 3.05) is 0 Å². The van der Waals surface area contributed by atoms with Crippen molar-refractivity contribution in [1.82, 2.24) is 5.32 Å². The van der Waals surface area contributed by atoms with E-state index in [2.05, 4.69) is 5.32 Å². The highest BCUT2D eigenvalue weighted by atomic mass is 19.4. The molecule has 0 aliphatic rings. The normalized spacial score (nSPS) is 13.4. The molecule has 0 aliphatic heterocycles. The number of alkyl halides is 3. The third-order valence-electron chi connectivity index (χ3n) is 2.91. The van der Waals surface area contributed by atoms with Gasteiger partial charge in [-0.15, -0.1) is 0 Å². The van der Waals surface area contributed by atoms with Crippen LogP contribution in [0.2, 0.25) is 0 Å². The second-order valence-corrected chi connectivity index (χ2v) is 4.90. The van der Waals surface area contributed by atoms with E-state index in [0.717, 1.165) is 0 Å². The number of carbonyl (C=O) groups excluding carboxylic acids is 1. The molecule has 0 radical (unpaired) electrons. The van der Waals surface area contributed by atoms with Gasteiger partial charge in [-0.2, -0.15) is 13.2 Å². The first-order chi connectivity index (χ1) is 7.29. The molecule has 17 heavy (non-hydrogen) atoms. The Morgan fingerprint density at radius 3 is 1.82 bits per heavy atom. The number of amides is 1. The Balaban J connectivity index is 4.78. The maximum atomic E-state index is 12.0. The number of nitrogens with one attached hydrogen (secondary N) is 1. The molecule has 0 aromatic heterocycles. The molecule has 4 nitrogen and oxygen atoms in total.